The monoisotopic (exact) mass is 369 g/mol. The fourth-order valence-electron chi connectivity index (χ4n) is 4.05. The van der Waals surface area contributed by atoms with Crippen LogP contribution in [0.1, 0.15) is 29.5 Å². The Morgan fingerprint density at radius 3 is 2.96 bits per heavy atom. The number of ether oxygens (including phenoxy) is 3. The molecule has 2 fully saturated rings. The first-order chi connectivity index (χ1) is 13.2. The highest BCUT2D eigenvalue weighted by atomic mass is 16.5. The molecule has 0 N–H and O–H groups in total. The predicted molar refractivity (Wildman–Crippen MR) is 102 cm³/mol. The SMILES string of the molecule is COc1ncccc1CN1CC2(CC(OCc3cnccc3C)CCO2)C1. The molecule has 2 aliphatic rings. The third-order valence-corrected chi connectivity index (χ3v) is 5.53. The minimum atomic E-state index is -0.0671. The van der Waals surface area contributed by atoms with Crippen LogP contribution in [0.3, 0.4) is 0 Å². The van der Waals surface area contributed by atoms with Gasteiger partial charge in [0.15, 0.2) is 0 Å². The van der Waals surface area contributed by atoms with E-state index in [1.54, 1.807) is 13.3 Å². The van der Waals surface area contributed by atoms with Crippen molar-refractivity contribution in [1.29, 1.82) is 0 Å². The Kier molecular flexibility index (Phi) is 5.38. The van der Waals surface area contributed by atoms with Crippen LogP contribution in [0, 0.1) is 6.92 Å². The van der Waals surface area contributed by atoms with Gasteiger partial charge in [0.2, 0.25) is 5.88 Å². The molecule has 1 unspecified atom stereocenters. The molecule has 0 saturated carbocycles. The summed E-state index contributed by atoms with van der Waals surface area (Å²) in [4.78, 5) is 10.9. The van der Waals surface area contributed by atoms with Gasteiger partial charge in [0.1, 0.15) is 0 Å². The molecule has 2 saturated heterocycles. The molecule has 144 valence electrons. The third kappa shape index (κ3) is 4.13. The van der Waals surface area contributed by atoms with E-state index < -0.39 is 0 Å². The lowest BCUT2D eigenvalue weighted by atomic mass is 9.84. The Morgan fingerprint density at radius 2 is 2.15 bits per heavy atom. The Bertz CT molecular complexity index is 777. The van der Waals surface area contributed by atoms with Gasteiger partial charge < -0.3 is 14.2 Å². The maximum Gasteiger partial charge on any atom is 0.217 e. The number of likely N-dealkylation sites (tertiary alicyclic amines) is 1. The van der Waals surface area contributed by atoms with E-state index in [-0.39, 0.29) is 11.7 Å². The summed E-state index contributed by atoms with van der Waals surface area (Å²) in [6, 6.07) is 6.05. The molecule has 0 aromatic carbocycles. The van der Waals surface area contributed by atoms with Crippen LogP contribution in [0.15, 0.2) is 36.8 Å². The van der Waals surface area contributed by atoms with E-state index in [1.807, 2.05) is 24.5 Å². The summed E-state index contributed by atoms with van der Waals surface area (Å²) in [5, 5.41) is 0. The predicted octanol–water partition coefficient (Wildman–Crippen LogP) is 2.74. The van der Waals surface area contributed by atoms with Gasteiger partial charge in [-0.3, -0.25) is 9.88 Å². The molecule has 2 aromatic rings. The van der Waals surface area contributed by atoms with Crippen molar-refractivity contribution in [2.24, 2.45) is 0 Å². The second-order valence-corrected chi connectivity index (χ2v) is 7.58. The van der Waals surface area contributed by atoms with Crippen LogP contribution >= 0.6 is 0 Å². The second kappa shape index (κ2) is 7.92. The highest BCUT2D eigenvalue weighted by Gasteiger charge is 2.47. The lowest BCUT2D eigenvalue weighted by Gasteiger charge is -2.53. The van der Waals surface area contributed by atoms with Crippen molar-refractivity contribution in [1.82, 2.24) is 14.9 Å². The lowest BCUT2D eigenvalue weighted by molar-refractivity contribution is -0.200. The molecule has 0 amide bonds. The molecule has 1 spiro atoms. The average Bonchev–Trinajstić information content (AvgIpc) is 2.67. The van der Waals surface area contributed by atoms with E-state index >= 15 is 0 Å². The average molecular weight is 369 g/mol. The first-order valence-corrected chi connectivity index (χ1v) is 9.53. The fourth-order valence-corrected chi connectivity index (χ4v) is 4.05. The van der Waals surface area contributed by atoms with E-state index in [1.165, 1.54) is 5.56 Å². The summed E-state index contributed by atoms with van der Waals surface area (Å²) in [6.45, 7) is 6.18. The summed E-state index contributed by atoms with van der Waals surface area (Å²) < 4.78 is 17.7. The Hall–Kier alpha value is -2.02. The summed E-state index contributed by atoms with van der Waals surface area (Å²) in [7, 11) is 1.67. The molecule has 4 heterocycles. The summed E-state index contributed by atoms with van der Waals surface area (Å²) in [6.07, 6.45) is 7.63. The summed E-state index contributed by atoms with van der Waals surface area (Å²) in [5.74, 6) is 0.705. The van der Waals surface area contributed by atoms with E-state index in [2.05, 4.69) is 27.9 Å². The maximum atomic E-state index is 6.20. The minimum absolute atomic E-state index is 0.0671. The van der Waals surface area contributed by atoms with Gasteiger partial charge in [0, 0.05) is 56.8 Å². The molecule has 0 bridgehead atoms. The molecule has 27 heavy (non-hydrogen) atoms. The minimum Gasteiger partial charge on any atom is -0.481 e. The van der Waals surface area contributed by atoms with Crippen LogP contribution in [-0.4, -0.2) is 53.4 Å². The van der Waals surface area contributed by atoms with Crippen molar-refractivity contribution >= 4 is 0 Å². The van der Waals surface area contributed by atoms with Gasteiger partial charge in [-0.2, -0.15) is 0 Å². The van der Waals surface area contributed by atoms with Crippen molar-refractivity contribution in [2.45, 2.75) is 44.6 Å². The molecule has 4 rings (SSSR count). The zero-order chi connectivity index (χ0) is 18.7. The second-order valence-electron chi connectivity index (χ2n) is 7.58. The first-order valence-electron chi connectivity index (χ1n) is 9.53. The van der Waals surface area contributed by atoms with Gasteiger partial charge in [0.05, 0.1) is 25.4 Å². The van der Waals surface area contributed by atoms with Crippen molar-refractivity contribution in [2.75, 3.05) is 26.8 Å². The normalized spacial score (nSPS) is 21.8. The van der Waals surface area contributed by atoms with Gasteiger partial charge in [-0.25, -0.2) is 4.98 Å². The van der Waals surface area contributed by atoms with E-state index in [4.69, 9.17) is 14.2 Å². The van der Waals surface area contributed by atoms with E-state index in [9.17, 15) is 0 Å². The third-order valence-electron chi connectivity index (χ3n) is 5.53. The fraction of sp³-hybridized carbons (Fsp3) is 0.524. The van der Waals surface area contributed by atoms with Crippen LogP contribution in [-0.2, 0) is 22.6 Å². The van der Waals surface area contributed by atoms with Crippen LogP contribution in [0.2, 0.25) is 0 Å². The molecule has 0 aliphatic carbocycles. The van der Waals surface area contributed by atoms with Gasteiger partial charge in [-0.15, -0.1) is 0 Å². The maximum absolute atomic E-state index is 6.20. The number of hydrogen-bond acceptors (Lipinski definition) is 6. The zero-order valence-electron chi connectivity index (χ0n) is 16.1. The molecule has 2 aliphatic heterocycles. The number of hydrogen-bond donors (Lipinski definition) is 0. The molecule has 0 radical (unpaired) electrons. The van der Waals surface area contributed by atoms with Crippen molar-refractivity contribution in [3.05, 3.63) is 53.5 Å². The number of aryl methyl sites for hydroxylation is 1. The lowest BCUT2D eigenvalue weighted by Crippen LogP contribution is -2.65. The van der Waals surface area contributed by atoms with Crippen LogP contribution in [0.25, 0.3) is 0 Å². The van der Waals surface area contributed by atoms with Crippen molar-refractivity contribution in [3.8, 4) is 5.88 Å². The summed E-state index contributed by atoms with van der Waals surface area (Å²) in [5.41, 5.74) is 3.44. The molecule has 1 atom stereocenters. The quantitative estimate of drug-likeness (QED) is 0.780. The standard InChI is InChI=1S/C21H27N3O3/c1-16-5-8-22-11-18(16)13-26-19-6-9-27-21(10-19)14-24(15-21)12-17-4-3-7-23-20(17)25-2/h3-5,7-8,11,19H,6,9-10,12-15H2,1-2H3. The van der Waals surface area contributed by atoms with Gasteiger partial charge >= 0.3 is 0 Å². The summed E-state index contributed by atoms with van der Waals surface area (Å²) >= 11 is 0. The molecular formula is C21H27N3O3. The van der Waals surface area contributed by atoms with E-state index in [0.717, 1.165) is 50.2 Å². The molecule has 6 heteroatoms. The molecule has 6 nitrogen and oxygen atoms in total. The highest BCUT2D eigenvalue weighted by Crippen LogP contribution is 2.36. The van der Waals surface area contributed by atoms with Crippen molar-refractivity contribution < 1.29 is 14.2 Å². The Balaban J connectivity index is 1.30. The number of rotatable bonds is 6. The van der Waals surface area contributed by atoms with Crippen LogP contribution in [0.5, 0.6) is 5.88 Å². The van der Waals surface area contributed by atoms with Crippen molar-refractivity contribution in [3.63, 3.8) is 0 Å². The number of pyridine rings is 2. The molecular weight excluding hydrogens is 342 g/mol. The van der Waals surface area contributed by atoms with Crippen LogP contribution in [0.4, 0.5) is 0 Å². The Morgan fingerprint density at radius 1 is 1.26 bits per heavy atom. The van der Waals surface area contributed by atoms with Gasteiger partial charge in [-0.05, 0) is 36.6 Å². The largest absolute Gasteiger partial charge is 0.481 e. The van der Waals surface area contributed by atoms with Gasteiger partial charge in [0.25, 0.3) is 0 Å². The van der Waals surface area contributed by atoms with E-state index in [0.29, 0.717) is 12.5 Å². The number of aromatic nitrogens is 2. The highest BCUT2D eigenvalue weighted by molar-refractivity contribution is 5.26. The number of nitrogens with zero attached hydrogens (tertiary/aromatic N) is 3. The zero-order valence-corrected chi connectivity index (χ0v) is 16.1. The topological polar surface area (TPSA) is 56.7 Å². The Labute approximate surface area is 160 Å². The molecule has 2 aromatic heterocycles. The number of methoxy groups -OCH3 is 1. The first kappa shape index (κ1) is 18.3. The van der Waals surface area contributed by atoms with Crippen LogP contribution < -0.4 is 4.74 Å². The smallest absolute Gasteiger partial charge is 0.217 e. The van der Waals surface area contributed by atoms with Gasteiger partial charge in [-0.1, -0.05) is 6.07 Å².